The molecule has 1 heterocycles. The van der Waals surface area contributed by atoms with Gasteiger partial charge in [-0.25, -0.2) is 0 Å². The van der Waals surface area contributed by atoms with Crippen LogP contribution in [-0.4, -0.2) is 14.1 Å². The number of nitrogens with zero attached hydrogens (tertiary/aromatic N) is 2. The van der Waals surface area contributed by atoms with Gasteiger partial charge in [-0.2, -0.15) is 0 Å². The number of hydrogen-bond donors (Lipinski definition) is 1. The summed E-state index contributed by atoms with van der Waals surface area (Å²) in [6.07, 6.45) is 2.94. The van der Waals surface area contributed by atoms with Crippen LogP contribution in [-0.2, 0) is 16.6 Å². The smallest absolute Gasteiger partial charge is 0.269 e. The molecule has 0 saturated carbocycles. The van der Waals surface area contributed by atoms with E-state index in [9.17, 15) is 14.3 Å². The van der Waals surface area contributed by atoms with Crippen molar-refractivity contribution in [2.24, 2.45) is 0 Å². The van der Waals surface area contributed by atoms with Crippen LogP contribution < -0.4 is 5.73 Å². The van der Waals surface area contributed by atoms with Crippen LogP contribution in [0.5, 0.6) is 0 Å². The van der Waals surface area contributed by atoms with E-state index in [2.05, 4.69) is 4.98 Å². The van der Waals surface area contributed by atoms with E-state index in [1.807, 2.05) is 0 Å². The number of anilines is 1. The summed E-state index contributed by atoms with van der Waals surface area (Å²) in [5.41, 5.74) is 6.65. The molecule has 0 fully saturated rings. The Bertz CT molecular complexity index is 646. The number of benzene rings is 1. The van der Waals surface area contributed by atoms with Crippen LogP contribution in [0.3, 0.4) is 0 Å². The summed E-state index contributed by atoms with van der Waals surface area (Å²) < 4.78 is 12.1. The van der Waals surface area contributed by atoms with E-state index < -0.39 is 15.7 Å². The maximum absolute atomic E-state index is 12.1. The largest absolute Gasteiger partial charge is 0.396 e. The lowest BCUT2D eigenvalue weighted by molar-refractivity contribution is -0.384. The molecule has 1 aromatic heterocycles. The van der Waals surface area contributed by atoms with Gasteiger partial charge in [-0.1, -0.05) is 12.1 Å². The molecule has 0 amide bonds. The maximum Gasteiger partial charge on any atom is 0.269 e. The molecular formula is C12H11N3O3S. The number of aromatic nitrogens is 1. The molecule has 2 aromatic rings. The molecule has 1 atom stereocenters. The van der Waals surface area contributed by atoms with E-state index in [4.69, 9.17) is 5.73 Å². The van der Waals surface area contributed by atoms with Crippen molar-refractivity contribution in [3.05, 3.63) is 58.4 Å². The normalized spacial score (nSPS) is 12.0. The molecule has 19 heavy (non-hydrogen) atoms. The summed E-state index contributed by atoms with van der Waals surface area (Å²) in [4.78, 5) is 14.5. The van der Waals surface area contributed by atoms with E-state index in [1.165, 1.54) is 24.5 Å². The van der Waals surface area contributed by atoms with Crippen LogP contribution in [0.2, 0.25) is 0 Å². The number of nitro benzene ring substituents is 1. The Morgan fingerprint density at radius 2 is 2.16 bits per heavy atom. The molecule has 0 aliphatic carbocycles. The van der Waals surface area contributed by atoms with Crippen molar-refractivity contribution in [1.29, 1.82) is 0 Å². The molecular weight excluding hydrogens is 266 g/mol. The second-order valence-electron chi connectivity index (χ2n) is 3.83. The predicted molar refractivity (Wildman–Crippen MR) is 71.9 cm³/mol. The molecule has 2 rings (SSSR count). The number of pyridine rings is 1. The Morgan fingerprint density at radius 3 is 2.84 bits per heavy atom. The fraction of sp³-hybridized carbons (Fsp3) is 0.0833. The molecule has 6 nitrogen and oxygen atoms in total. The average Bonchev–Trinajstić information content (AvgIpc) is 2.39. The van der Waals surface area contributed by atoms with E-state index in [-0.39, 0.29) is 11.4 Å². The van der Waals surface area contributed by atoms with E-state index >= 15 is 0 Å². The first-order valence-corrected chi connectivity index (χ1v) is 6.71. The van der Waals surface area contributed by atoms with Crippen molar-refractivity contribution < 1.29 is 9.13 Å². The van der Waals surface area contributed by atoms with Gasteiger partial charge < -0.3 is 5.73 Å². The summed E-state index contributed by atoms with van der Waals surface area (Å²) >= 11 is 0. The Hall–Kier alpha value is -2.28. The van der Waals surface area contributed by atoms with Crippen molar-refractivity contribution in [2.45, 2.75) is 10.6 Å². The van der Waals surface area contributed by atoms with Gasteiger partial charge in [0.05, 0.1) is 38.3 Å². The minimum Gasteiger partial charge on any atom is -0.396 e. The summed E-state index contributed by atoms with van der Waals surface area (Å²) in [7, 11) is -1.36. The molecule has 0 saturated heterocycles. The third-order valence-electron chi connectivity index (χ3n) is 2.47. The van der Waals surface area contributed by atoms with Crippen LogP contribution in [0.15, 0.2) is 47.6 Å². The van der Waals surface area contributed by atoms with Gasteiger partial charge in [0.1, 0.15) is 0 Å². The topological polar surface area (TPSA) is 99.1 Å². The zero-order valence-corrected chi connectivity index (χ0v) is 10.7. The van der Waals surface area contributed by atoms with Gasteiger partial charge in [0.25, 0.3) is 5.69 Å². The van der Waals surface area contributed by atoms with Gasteiger partial charge in [0.2, 0.25) is 0 Å². The van der Waals surface area contributed by atoms with Crippen molar-refractivity contribution in [3.8, 4) is 0 Å². The molecule has 98 valence electrons. The summed E-state index contributed by atoms with van der Waals surface area (Å²) in [6, 6.07) is 7.66. The zero-order valence-electron chi connectivity index (χ0n) is 9.85. The Morgan fingerprint density at radius 1 is 1.37 bits per heavy atom. The van der Waals surface area contributed by atoms with Gasteiger partial charge in [-0.3, -0.25) is 19.3 Å². The molecule has 1 unspecified atom stereocenters. The van der Waals surface area contributed by atoms with Gasteiger partial charge in [0.15, 0.2) is 0 Å². The molecule has 2 N–H and O–H groups in total. The first-order valence-electron chi connectivity index (χ1n) is 5.39. The standard InChI is InChI=1S/C12H11N3O3S/c13-11-7-14-5-4-12(11)19(18)8-9-2-1-3-10(6-9)15(16)17/h1-7H,8,13H2. The van der Waals surface area contributed by atoms with Crippen LogP contribution in [0, 0.1) is 10.1 Å². The second kappa shape index (κ2) is 5.57. The van der Waals surface area contributed by atoms with Crippen LogP contribution in [0.25, 0.3) is 0 Å². The first kappa shape index (κ1) is 13.2. The predicted octanol–water partition coefficient (Wildman–Crippen LogP) is 1.88. The van der Waals surface area contributed by atoms with Crippen LogP contribution in [0.1, 0.15) is 5.56 Å². The third kappa shape index (κ3) is 3.14. The Labute approximate surface area is 111 Å². The molecule has 0 bridgehead atoms. The highest BCUT2D eigenvalue weighted by Crippen LogP contribution is 2.20. The van der Waals surface area contributed by atoms with E-state index in [0.717, 1.165) is 0 Å². The molecule has 7 heteroatoms. The number of nitrogens with two attached hydrogens (primary N) is 1. The highest BCUT2D eigenvalue weighted by molar-refractivity contribution is 7.84. The highest BCUT2D eigenvalue weighted by atomic mass is 32.2. The van der Waals surface area contributed by atoms with Crippen molar-refractivity contribution >= 4 is 22.2 Å². The monoisotopic (exact) mass is 277 g/mol. The summed E-state index contributed by atoms with van der Waals surface area (Å²) in [5.74, 6) is 0.176. The van der Waals surface area contributed by atoms with E-state index in [0.29, 0.717) is 16.1 Å². The maximum atomic E-state index is 12.1. The third-order valence-corrected chi connectivity index (χ3v) is 3.93. The van der Waals surface area contributed by atoms with Gasteiger partial charge in [0, 0.05) is 18.3 Å². The number of nitro groups is 1. The first-order chi connectivity index (χ1) is 9.08. The van der Waals surface area contributed by atoms with Crippen molar-refractivity contribution in [1.82, 2.24) is 4.98 Å². The minimum atomic E-state index is -1.36. The lowest BCUT2D eigenvalue weighted by Crippen LogP contribution is -2.01. The number of hydrogen-bond acceptors (Lipinski definition) is 5. The van der Waals surface area contributed by atoms with Crippen molar-refractivity contribution in [3.63, 3.8) is 0 Å². The fourth-order valence-electron chi connectivity index (χ4n) is 1.59. The number of non-ortho nitro benzene ring substituents is 1. The number of rotatable bonds is 4. The van der Waals surface area contributed by atoms with Crippen molar-refractivity contribution in [2.75, 3.05) is 5.73 Å². The number of nitrogen functional groups attached to an aromatic ring is 1. The summed E-state index contributed by atoms with van der Waals surface area (Å²) in [6.45, 7) is 0. The SMILES string of the molecule is Nc1cnccc1S(=O)Cc1cccc([N+](=O)[O-])c1. The van der Waals surface area contributed by atoms with Crippen LogP contribution in [0.4, 0.5) is 11.4 Å². The molecule has 0 radical (unpaired) electrons. The fourth-order valence-corrected chi connectivity index (χ4v) is 2.76. The van der Waals surface area contributed by atoms with Gasteiger partial charge in [-0.15, -0.1) is 0 Å². The lowest BCUT2D eigenvalue weighted by Gasteiger charge is -2.05. The zero-order chi connectivity index (χ0) is 13.8. The quantitative estimate of drug-likeness (QED) is 0.679. The Balaban J connectivity index is 2.22. The van der Waals surface area contributed by atoms with Crippen LogP contribution >= 0.6 is 0 Å². The van der Waals surface area contributed by atoms with Gasteiger partial charge in [-0.05, 0) is 11.6 Å². The highest BCUT2D eigenvalue weighted by Gasteiger charge is 2.11. The second-order valence-corrected chi connectivity index (χ2v) is 5.25. The Kier molecular flexibility index (Phi) is 3.86. The summed E-state index contributed by atoms with van der Waals surface area (Å²) in [5, 5.41) is 10.7. The molecule has 0 aliphatic heterocycles. The van der Waals surface area contributed by atoms with E-state index in [1.54, 1.807) is 18.2 Å². The molecule has 1 aromatic carbocycles. The van der Waals surface area contributed by atoms with Gasteiger partial charge >= 0.3 is 0 Å². The average molecular weight is 277 g/mol. The lowest BCUT2D eigenvalue weighted by atomic mass is 10.2. The minimum absolute atomic E-state index is 0.0165. The molecule has 0 aliphatic rings. The molecule has 0 spiro atoms.